The molecule has 2 rings (SSSR count). The minimum Gasteiger partial charge on any atom is -0.397 e. The molecule has 2 nitrogen and oxygen atoms in total. The Bertz CT molecular complexity index is 553. The first-order valence-electron chi connectivity index (χ1n) is 5.57. The second-order valence-electron chi connectivity index (χ2n) is 4.24. The Labute approximate surface area is 120 Å². The quantitative estimate of drug-likeness (QED) is 0.759. The summed E-state index contributed by atoms with van der Waals surface area (Å²) in [7, 11) is 0. The predicted molar refractivity (Wildman–Crippen MR) is 82.8 cm³/mol. The van der Waals surface area contributed by atoms with Gasteiger partial charge in [-0.3, -0.25) is 0 Å². The highest BCUT2D eigenvalue weighted by atomic mass is 79.9. The summed E-state index contributed by atoms with van der Waals surface area (Å²) in [5.41, 5.74) is 10.7. The SMILES string of the molecule is Cc1cc(Br)cc(C)c1Nc1c(N)cccc1Cl. The van der Waals surface area contributed by atoms with Gasteiger partial charge >= 0.3 is 0 Å². The number of aryl methyl sites for hydroxylation is 2. The third-order valence-electron chi connectivity index (χ3n) is 2.79. The minimum absolute atomic E-state index is 0.622. The van der Waals surface area contributed by atoms with E-state index in [1.54, 1.807) is 0 Å². The van der Waals surface area contributed by atoms with E-state index in [4.69, 9.17) is 17.3 Å². The Morgan fingerprint density at radius 1 is 1.11 bits per heavy atom. The molecular formula is C14H14BrClN2. The highest BCUT2D eigenvalue weighted by molar-refractivity contribution is 9.10. The highest BCUT2D eigenvalue weighted by Gasteiger charge is 2.09. The molecule has 0 saturated heterocycles. The largest absolute Gasteiger partial charge is 0.397 e. The second kappa shape index (κ2) is 5.21. The van der Waals surface area contributed by atoms with Crippen LogP contribution in [0.2, 0.25) is 5.02 Å². The fourth-order valence-electron chi connectivity index (χ4n) is 1.91. The van der Waals surface area contributed by atoms with Gasteiger partial charge in [0.25, 0.3) is 0 Å². The van der Waals surface area contributed by atoms with Crippen molar-refractivity contribution in [3.8, 4) is 0 Å². The molecule has 0 saturated carbocycles. The molecule has 0 atom stereocenters. The highest BCUT2D eigenvalue weighted by Crippen LogP contribution is 2.34. The van der Waals surface area contributed by atoms with Gasteiger partial charge in [0.2, 0.25) is 0 Å². The molecule has 0 fully saturated rings. The molecule has 0 radical (unpaired) electrons. The molecule has 2 aromatic rings. The van der Waals surface area contributed by atoms with Crippen LogP contribution in [0.15, 0.2) is 34.8 Å². The summed E-state index contributed by atoms with van der Waals surface area (Å²) in [6.07, 6.45) is 0. The van der Waals surface area contributed by atoms with Crippen molar-refractivity contribution >= 4 is 44.6 Å². The molecule has 4 heteroatoms. The number of rotatable bonds is 2. The van der Waals surface area contributed by atoms with Gasteiger partial charge in [-0.25, -0.2) is 0 Å². The average Bonchev–Trinajstić information content (AvgIpc) is 2.26. The van der Waals surface area contributed by atoms with Crippen LogP contribution in [0.3, 0.4) is 0 Å². The zero-order valence-corrected chi connectivity index (χ0v) is 12.6. The van der Waals surface area contributed by atoms with Crippen LogP contribution in [0.4, 0.5) is 17.1 Å². The van der Waals surface area contributed by atoms with Gasteiger partial charge in [0.1, 0.15) is 0 Å². The van der Waals surface area contributed by atoms with Crippen LogP contribution in [0.25, 0.3) is 0 Å². The fraction of sp³-hybridized carbons (Fsp3) is 0.143. The van der Waals surface area contributed by atoms with Crippen molar-refractivity contribution in [1.29, 1.82) is 0 Å². The van der Waals surface area contributed by atoms with E-state index in [2.05, 4.69) is 33.4 Å². The summed E-state index contributed by atoms with van der Waals surface area (Å²) in [6, 6.07) is 9.61. The van der Waals surface area contributed by atoms with Crippen molar-refractivity contribution in [2.45, 2.75) is 13.8 Å². The van der Waals surface area contributed by atoms with Crippen molar-refractivity contribution in [3.05, 3.63) is 51.0 Å². The maximum absolute atomic E-state index is 6.16. The van der Waals surface area contributed by atoms with Crippen molar-refractivity contribution in [1.82, 2.24) is 0 Å². The Kier molecular flexibility index (Phi) is 3.83. The summed E-state index contributed by atoms with van der Waals surface area (Å²) >= 11 is 9.65. The van der Waals surface area contributed by atoms with Gasteiger partial charge in [-0.05, 0) is 49.2 Å². The maximum Gasteiger partial charge on any atom is 0.0807 e. The number of benzene rings is 2. The predicted octanol–water partition coefficient (Wildman–Crippen LogP) is 5.05. The van der Waals surface area contributed by atoms with Gasteiger partial charge in [0.05, 0.1) is 16.4 Å². The molecule has 0 aromatic heterocycles. The minimum atomic E-state index is 0.622. The smallest absolute Gasteiger partial charge is 0.0807 e. The second-order valence-corrected chi connectivity index (χ2v) is 5.57. The van der Waals surface area contributed by atoms with Crippen LogP contribution in [0.5, 0.6) is 0 Å². The number of nitrogens with two attached hydrogens (primary N) is 1. The lowest BCUT2D eigenvalue weighted by atomic mass is 10.1. The number of nitrogens with one attached hydrogen (secondary N) is 1. The molecule has 0 unspecified atom stereocenters. The summed E-state index contributed by atoms with van der Waals surface area (Å²) < 4.78 is 1.06. The third kappa shape index (κ3) is 2.62. The molecule has 3 N–H and O–H groups in total. The van der Waals surface area contributed by atoms with Gasteiger partial charge in [-0.2, -0.15) is 0 Å². The molecular weight excluding hydrogens is 312 g/mol. The van der Waals surface area contributed by atoms with Gasteiger partial charge in [-0.1, -0.05) is 33.6 Å². The summed E-state index contributed by atoms with van der Waals surface area (Å²) in [5, 5.41) is 3.95. The van der Waals surface area contributed by atoms with E-state index in [-0.39, 0.29) is 0 Å². The molecule has 94 valence electrons. The number of hydrogen-bond acceptors (Lipinski definition) is 2. The van der Waals surface area contributed by atoms with E-state index < -0.39 is 0 Å². The molecule has 0 aliphatic rings. The van der Waals surface area contributed by atoms with E-state index in [0.717, 1.165) is 27.0 Å². The first kappa shape index (κ1) is 13.2. The van der Waals surface area contributed by atoms with E-state index in [1.165, 1.54) is 0 Å². The molecule has 0 amide bonds. The zero-order valence-electron chi connectivity index (χ0n) is 10.2. The first-order chi connectivity index (χ1) is 8.49. The van der Waals surface area contributed by atoms with Crippen LogP contribution in [0.1, 0.15) is 11.1 Å². The lowest BCUT2D eigenvalue weighted by molar-refractivity contribution is 1.34. The zero-order chi connectivity index (χ0) is 13.3. The topological polar surface area (TPSA) is 38.0 Å². The lowest BCUT2D eigenvalue weighted by Gasteiger charge is -2.16. The maximum atomic E-state index is 6.16. The van der Waals surface area contributed by atoms with Crippen molar-refractivity contribution in [2.75, 3.05) is 11.1 Å². The van der Waals surface area contributed by atoms with E-state index in [0.29, 0.717) is 10.7 Å². The standard InChI is InChI=1S/C14H14BrClN2/c1-8-6-10(15)7-9(2)13(8)18-14-11(16)4-3-5-12(14)17/h3-7,18H,17H2,1-2H3. The number of hydrogen-bond donors (Lipinski definition) is 2. The number of anilines is 3. The van der Waals surface area contributed by atoms with Crippen molar-refractivity contribution in [2.24, 2.45) is 0 Å². The average molecular weight is 326 g/mol. The van der Waals surface area contributed by atoms with Crippen molar-refractivity contribution in [3.63, 3.8) is 0 Å². The molecule has 0 aliphatic carbocycles. The summed E-state index contributed by atoms with van der Waals surface area (Å²) in [5.74, 6) is 0. The summed E-state index contributed by atoms with van der Waals surface area (Å²) in [4.78, 5) is 0. The molecule has 0 heterocycles. The van der Waals surface area contributed by atoms with E-state index in [9.17, 15) is 0 Å². The third-order valence-corrected chi connectivity index (χ3v) is 3.57. The van der Waals surface area contributed by atoms with Gasteiger partial charge in [-0.15, -0.1) is 0 Å². The number of halogens is 2. The lowest BCUT2D eigenvalue weighted by Crippen LogP contribution is -2.00. The molecule has 18 heavy (non-hydrogen) atoms. The van der Waals surface area contributed by atoms with E-state index >= 15 is 0 Å². The number of para-hydroxylation sites is 1. The monoisotopic (exact) mass is 324 g/mol. The Morgan fingerprint density at radius 3 is 2.28 bits per heavy atom. The normalized spacial score (nSPS) is 10.4. The Morgan fingerprint density at radius 2 is 1.72 bits per heavy atom. The van der Waals surface area contributed by atoms with Crippen LogP contribution in [-0.2, 0) is 0 Å². The number of nitrogen functional groups attached to an aromatic ring is 1. The van der Waals surface area contributed by atoms with Crippen molar-refractivity contribution < 1.29 is 0 Å². The van der Waals surface area contributed by atoms with Crippen LogP contribution in [0, 0.1) is 13.8 Å². The molecule has 0 spiro atoms. The van der Waals surface area contributed by atoms with E-state index in [1.807, 2.05) is 32.0 Å². The Balaban J connectivity index is 2.47. The van der Waals surface area contributed by atoms with Crippen LogP contribution in [-0.4, -0.2) is 0 Å². The molecule has 0 aliphatic heterocycles. The fourth-order valence-corrected chi connectivity index (χ4v) is 2.82. The Hall–Kier alpha value is -1.19. The molecule has 0 bridgehead atoms. The van der Waals surface area contributed by atoms with Crippen LogP contribution < -0.4 is 11.1 Å². The van der Waals surface area contributed by atoms with Gasteiger partial charge in [0, 0.05) is 10.2 Å². The molecule has 2 aromatic carbocycles. The first-order valence-corrected chi connectivity index (χ1v) is 6.74. The summed E-state index contributed by atoms with van der Waals surface area (Å²) in [6.45, 7) is 4.10. The van der Waals surface area contributed by atoms with Crippen LogP contribution >= 0.6 is 27.5 Å². The van der Waals surface area contributed by atoms with Gasteiger partial charge < -0.3 is 11.1 Å². The van der Waals surface area contributed by atoms with Gasteiger partial charge in [0.15, 0.2) is 0 Å².